The van der Waals surface area contributed by atoms with Crippen LogP contribution in [0.2, 0.25) is 0 Å². The van der Waals surface area contributed by atoms with Gasteiger partial charge in [-0.05, 0) is 79.3 Å². The molecule has 0 N–H and O–H groups in total. The maximum atomic E-state index is 13.8. The van der Waals surface area contributed by atoms with E-state index in [1.165, 1.54) is 11.8 Å². The molecule has 4 aromatic rings. The van der Waals surface area contributed by atoms with Crippen LogP contribution in [0.4, 0.5) is 0 Å². The van der Waals surface area contributed by atoms with Crippen LogP contribution in [-0.2, 0) is 6.42 Å². The van der Waals surface area contributed by atoms with Crippen LogP contribution in [0, 0.1) is 18.3 Å². The van der Waals surface area contributed by atoms with Crippen molar-refractivity contribution in [1.29, 1.82) is 5.26 Å². The minimum atomic E-state index is -0.284. The van der Waals surface area contributed by atoms with Gasteiger partial charge in [0.1, 0.15) is 11.8 Å². The molecule has 0 aliphatic rings. The lowest BCUT2D eigenvalue weighted by Gasteiger charge is -2.18. The minimum absolute atomic E-state index is 0.116. The number of allylic oxidation sites excluding steroid dienone is 1. The molecule has 0 bridgehead atoms. The lowest BCUT2D eigenvalue weighted by atomic mass is 9.96. The summed E-state index contributed by atoms with van der Waals surface area (Å²) in [4.78, 5) is 18.7. The average molecular weight is 551 g/mol. The Morgan fingerprint density at radius 3 is 2.61 bits per heavy atom. The molecule has 8 nitrogen and oxygen atoms in total. The maximum absolute atomic E-state index is 13.8. The summed E-state index contributed by atoms with van der Waals surface area (Å²) in [5.41, 5.74) is 4.50. The fourth-order valence-corrected chi connectivity index (χ4v) is 4.69. The van der Waals surface area contributed by atoms with E-state index in [0.29, 0.717) is 46.8 Å². The molecule has 0 aliphatic carbocycles. The molecule has 3 aromatic carbocycles. The number of methoxy groups -OCH3 is 1. The smallest absolute Gasteiger partial charge is 0.282 e. The molecule has 0 unspecified atom stereocenters. The van der Waals surface area contributed by atoms with E-state index in [4.69, 9.17) is 24.5 Å². The van der Waals surface area contributed by atoms with E-state index in [9.17, 15) is 4.79 Å². The molecule has 8 heteroatoms. The Kier molecular flexibility index (Phi) is 9.20. The standard InChI is InChI=1S/C33H34N4O4/c1-7-11-24-17-23(18-30(39-6)31(24)41-15-14-34)20-35-37-32(36-28-13-10-9-12-25(28)33(37)38)27-19-26(21(3)4)29(40-8-2)16-22(27)5/h7,9-10,12-13,16-21H,1,8,11,15H2,2-6H3. The Balaban J connectivity index is 1.94. The van der Waals surface area contributed by atoms with Gasteiger partial charge in [0, 0.05) is 11.1 Å². The van der Waals surface area contributed by atoms with Crippen LogP contribution in [-0.4, -0.2) is 36.2 Å². The number of nitriles is 1. The van der Waals surface area contributed by atoms with Gasteiger partial charge in [0.2, 0.25) is 0 Å². The lowest BCUT2D eigenvalue weighted by Crippen LogP contribution is -2.21. The van der Waals surface area contributed by atoms with Crippen LogP contribution in [0.1, 0.15) is 48.9 Å². The second-order valence-electron chi connectivity index (χ2n) is 9.76. The number of aryl methyl sites for hydroxylation is 1. The Morgan fingerprint density at radius 2 is 1.93 bits per heavy atom. The quantitative estimate of drug-likeness (QED) is 0.158. The van der Waals surface area contributed by atoms with Gasteiger partial charge >= 0.3 is 0 Å². The fourth-order valence-electron chi connectivity index (χ4n) is 4.69. The zero-order chi connectivity index (χ0) is 29.5. The van der Waals surface area contributed by atoms with Crippen molar-refractivity contribution >= 4 is 17.1 Å². The first-order valence-corrected chi connectivity index (χ1v) is 13.5. The number of hydrogen-bond acceptors (Lipinski definition) is 7. The second-order valence-corrected chi connectivity index (χ2v) is 9.76. The Morgan fingerprint density at radius 1 is 1.15 bits per heavy atom. The van der Waals surface area contributed by atoms with Crippen molar-refractivity contribution in [3.8, 4) is 34.7 Å². The number of fused-ring (bicyclic) bond motifs is 1. The van der Waals surface area contributed by atoms with Gasteiger partial charge < -0.3 is 14.2 Å². The number of nitrogens with zero attached hydrogens (tertiary/aromatic N) is 4. The first-order valence-electron chi connectivity index (χ1n) is 13.5. The summed E-state index contributed by atoms with van der Waals surface area (Å²) < 4.78 is 18.5. The molecule has 41 heavy (non-hydrogen) atoms. The molecule has 0 saturated heterocycles. The van der Waals surface area contributed by atoms with E-state index < -0.39 is 0 Å². The molecular formula is C33H34N4O4. The molecule has 0 fully saturated rings. The van der Waals surface area contributed by atoms with Crippen molar-refractivity contribution < 1.29 is 14.2 Å². The van der Waals surface area contributed by atoms with E-state index in [1.807, 2.05) is 56.3 Å². The van der Waals surface area contributed by atoms with Crippen LogP contribution < -0.4 is 19.8 Å². The maximum Gasteiger partial charge on any atom is 0.282 e. The third kappa shape index (κ3) is 6.15. The number of ether oxygens (including phenoxy) is 3. The largest absolute Gasteiger partial charge is 0.494 e. The van der Waals surface area contributed by atoms with Gasteiger partial charge in [0.25, 0.3) is 5.56 Å². The molecule has 1 heterocycles. The highest BCUT2D eigenvalue weighted by Gasteiger charge is 2.19. The van der Waals surface area contributed by atoms with Gasteiger partial charge in [-0.1, -0.05) is 32.1 Å². The zero-order valence-corrected chi connectivity index (χ0v) is 24.1. The van der Waals surface area contributed by atoms with Crippen LogP contribution in [0.25, 0.3) is 22.3 Å². The molecule has 4 rings (SSSR count). The average Bonchev–Trinajstić information content (AvgIpc) is 2.96. The Bertz CT molecular complexity index is 1710. The van der Waals surface area contributed by atoms with Crippen LogP contribution in [0.15, 0.2) is 71.1 Å². The highest BCUT2D eigenvalue weighted by molar-refractivity contribution is 5.83. The van der Waals surface area contributed by atoms with Gasteiger partial charge in [0.15, 0.2) is 23.9 Å². The van der Waals surface area contributed by atoms with Crippen molar-refractivity contribution in [1.82, 2.24) is 9.66 Å². The summed E-state index contributed by atoms with van der Waals surface area (Å²) in [5.74, 6) is 2.37. The lowest BCUT2D eigenvalue weighted by molar-refractivity contribution is 0.327. The van der Waals surface area contributed by atoms with E-state index >= 15 is 0 Å². The van der Waals surface area contributed by atoms with Gasteiger partial charge in [-0.2, -0.15) is 15.0 Å². The normalized spacial score (nSPS) is 11.1. The van der Waals surface area contributed by atoms with E-state index in [0.717, 1.165) is 28.0 Å². The Hall–Kier alpha value is -4.90. The molecule has 0 amide bonds. The van der Waals surface area contributed by atoms with E-state index in [1.54, 1.807) is 24.4 Å². The van der Waals surface area contributed by atoms with Gasteiger partial charge in [-0.25, -0.2) is 4.98 Å². The predicted molar refractivity (Wildman–Crippen MR) is 162 cm³/mol. The van der Waals surface area contributed by atoms with E-state index in [2.05, 4.69) is 25.5 Å². The predicted octanol–water partition coefficient (Wildman–Crippen LogP) is 6.42. The zero-order valence-electron chi connectivity index (χ0n) is 24.1. The van der Waals surface area contributed by atoms with Crippen molar-refractivity contribution in [3.05, 3.63) is 93.8 Å². The SMILES string of the molecule is C=CCc1cc(C=Nn2c(-c3cc(C(C)C)c(OCC)cc3C)nc3ccccc3c2=O)cc(OC)c1OCC#N. The van der Waals surface area contributed by atoms with Crippen molar-refractivity contribution in [2.75, 3.05) is 20.3 Å². The third-order valence-corrected chi connectivity index (χ3v) is 6.61. The monoisotopic (exact) mass is 550 g/mol. The first-order chi connectivity index (χ1) is 19.8. The Labute approximate surface area is 240 Å². The summed E-state index contributed by atoms with van der Waals surface area (Å²) in [7, 11) is 1.53. The number of benzene rings is 3. The molecule has 0 saturated carbocycles. The number of aromatic nitrogens is 2. The highest BCUT2D eigenvalue weighted by atomic mass is 16.5. The van der Waals surface area contributed by atoms with Gasteiger partial charge in [-0.15, -0.1) is 6.58 Å². The van der Waals surface area contributed by atoms with Crippen LogP contribution in [0.5, 0.6) is 17.2 Å². The van der Waals surface area contributed by atoms with Crippen molar-refractivity contribution in [2.24, 2.45) is 5.10 Å². The molecule has 0 aliphatic heterocycles. The first kappa shape index (κ1) is 29.1. The summed E-state index contributed by atoms with van der Waals surface area (Å²) >= 11 is 0. The molecule has 210 valence electrons. The van der Waals surface area contributed by atoms with Gasteiger partial charge in [0.05, 0.1) is 30.8 Å². The van der Waals surface area contributed by atoms with Crippen molar-refractivity contribution in [3.63, 3.8) is 0 Å². The summed E-state index contributed by atoms with van der Waals surface area (Å²) in [6.45, 7) is 12.4. The molecule has 0 spiro atoms. The third-order valence-electron chi connectivity index (χ3n) is 6.61. The number of rotatable bonds is 11. The summed E-state index contributed by atoms with van der Waals surface area (Å²) in [6, 6.07) is 16.9. The number of hydrogen-bond donors (Lipinski definition) is 0. The summed E-state index contributed by atoms with van der Waals surface area (Å²) in [5, 5.41) is 14.1. The molecular weight excluding hydrogens is 516 g/mol. The van der Waals surface area contributed by atoms with Gasteiger partial charge in [-0.3, -0.25) is 4.79 Å². The van der Waals surface area contributed by atoms with Crippen LogP contribution >= 0.6 is 0 Å². The molecule has 0 radical (unpaired) electrons. The highest BCUT2D eigenvalue weighted by Crippen LogP contribution is 2.35. The van der Waals surface area contributed by atoms with Crippen molar-refractivity contribution in [2.45, 2.75) is 40.0 Å². The molecule has 1 aromatic heterocycles. The topological polar surface area (TPSA) is 98.7 Å². The van der Waals surface area contributed by atoms with E-state index in [-0.39, 0.29) is 18.1 Å². The second kappa shape index (κ2) is 13.0. The minimum Gasteiger partial charge on any atom is -0.494 e. The molecule has 0 atom stereocenters. The summed E-state index contributed by atoms with van der Waals surface area (Å²) in [6.07, 6.45) is 3.83. The van der Waals surface area contributed by atoms with Crippen LogP contribution in [0.3, 0.4) is 0 Å². The fraction of sp³-hybridized carbons (Fsp3) is 0.273. The number of para-hydroxylation sites is 1.